The highest BCUT2D eigenvalue weighted by molar-refractivity contribution is 6.35. The summed E-state index contributed by atoms with van der Waals surface area (Å²) in [5.41, 5.74) is 1.90. The molecule has 44 heavy (non-hydrogen) atoms. The number of ether oxygens (including phenoxy) is 1. The summed E-state index contributed by atoms with van der Waals surface area (Å²) in [6.07, 6.45) is 8.95. The molecular formula is C34H47Cl2N5O3. The second kappa shape index (κ2) is 15.2. The molecule has 0 bridgehead atoms. The van der Waals surface area contributed by atoms with Crippen LogP contribution in [0.2, 0.25) is 10.0 Å². The minimum Gasteiger partial charge on any atom is -0.489 e. The number of aromatic nitrogens is 1. The van der Waals surface area contributed by atoms with Crippen LogP contribution in [0.4, 0.5) is 4.79 Å². The lowest BCUT2D eigenvalue weighted by atomic mass is 9.89. The first-order valence-electron chi connectivity index (χ1n) is 16.3. The fraction of sp³-hybridized carbons (Fsp3) is 0.618. The molecule has 3 amide bonds. The number of carbonyl (C=O) groups is 2. The molecule has 8 nitrogen and oxygen atoms in total. The van der Waals surface area contributed by atoms with Gasteiger partial charge in [0.2, 0.25) is 5.91 Å². The molecule has 10 heteroatoms. The lowest BCUT2D eigenvalue weighted by Crippen LogP contribution is -2.54. The highest BCUT2D eigenvalue weighted by Gasteiger charge is 2.33. The van der Waals surface area contributed by atoms with E-state index in [1.54, 1.807) is 23.2 Å². The van der Waals surface area contributed by atoms with Crippen molar-refractivity contribution < 1.29 is 14.3 Å². The summed E-state index contributed by atoms with van der Waals surface area (Å²) in [6, 6.07) is 6.35. The van der Waals surface area contributed by atoms with Gasteiger partial charge in [0.25, 0.3) is 0 Å². The number of carbonyl (C=O) groups excluding carboxylic acids is 2. The van der Waals surface area contributed by atoms with Crippen molar-refractivity contribution in [3.63, 3.8) is 0 Å². The molecule has 3 fully saturated rings. The molecule has 0 saturated carbocycles. The van der Waals surface area contributed by atoms with Gasteiger partial charge < -0.3 is 19.9 Å². The molecule has 2 aromatic rings. The van der Waals surface area contributed by atoms with Crippen molar-refractivity contribution in [3.05, 3.63) is 57.8 Å². The molecule has 240 valence electrons. The zero-order valence-electron chi connectivity index (χ0n) is 26.3. The molecule has 4 heterocycles. The van der Waals surface area contributed by atoms with Gasteiger partial charge in [-0.15, -0.1) is 0 Å². The number of likely N-dealkylation sites (tertiary alicyclic amines) is 3. The Kier molecular flexibility index (Phi) is 11.3. The average molecular weight is 645 g/mol. The van der Waals surface area contributed by atoms with Crippen LogP contribution in [0.25, 0.3) is 0 Å². The zero-order valence-corrected chi connectivity index (χ0v) is 27.8. The van der Waals surface area contributed by atoms with Crippen molar-refractivity contribution in [1.29, 1.82) is 0 Å². The monoisotopic (exact) mass is 643 g/mol. The van der Waals surface area contributed by atoms with Crippen molar-refractivity contribution in [3.8, 4) is 5.75 Å². The van der Waals surface area contributed by atoms with Crippen molar-refractivity contribution in [2.45, 2.75) is 77.4 Å². The van der Waals surface area contributed by atoms with Gasteiger partial charge in [-0.1, -0.05) is 50.0 Å². The Labute approximate surface area is 272 Å². The number of hydrogen-bond donors (Lipinski definition) is 1. The van der Waals surface area contributed by atoms with Crippen LogP contribution in [-0.2, 0) is 11.2 Å². The molecule has 0 spiro atoms. The second-order valence-electron chi connectivity index (χ2n) is 13.1. The number of piperidine rings is 1. The van der Waals surface area contributed by atoms with Crippen LogP contribution in [0.5, 0.6) is 5.75 Å². The Balaban J connectivity index is 1.24. The van der Waals surface area contributed by atoms with E-state index in [9.17, 15) is 9.59 Å². The molecular weight excluding hydrogens is 597 g/mol. The summed E-state index contributed by atoms with van der Waals surface area (Å²) >= 11 is 12.6. The van der Waals surface area contributed by atoms with Crippen molar-refractivity contribution in [2.24, 2.45) is 11.8 Å². The Hall–Kier alpha value is -2.55. The fourth-order valence-corrected chi connectivity index (χ4v) is 7.30. The first kappa shape index (κ1) is 32.8. The van der Waals surface area contributed by atoms with Crippen molar-refractivity contribution >= 4 is 35.1 Å². The smallest absolute Gasteiger partial charge is 0.318 e. The minimum atomic E-state index is -0.718. The van der Waals surface area contributed by atoms with E-state index in [2.05, 4.69) is 36.0 Å². The SMILES string of the molecule is CC[C@@H](CN1CC[C@H](C)C1)Oc1ccncc1C1CCN(C(=O)[C@@H](Cc2ccc(Cl)cc2Cl)NC(=O)N2CC[C@@H](C)C2)CC1. The van der Waals surface area contributed by atoms with E-state index >= 15 is 0 Å². The van der Waals surface area contributed by atoms with Gasteiger partial charge in [0, 0.05) is 73.7 Å². The number of rotatable bonds is 10. The van der Waals surface area contributed by atoms with E-state index in [0.29, 0.717) is 48.6 Å². The summed E-state index contributed by atoms with van der Waals surface area (Å²) in [4.78, 5) is 37.8. The number of hydrogen-bond acceptors (Lipinski definition) is 5. The molecule has 1 N–H and O–H groups in total. The van der Waals surface area contributed by atoms with E-state index in [4.69, 9.17) is 27.9 Å². The van der Waals surface area contributed by atoms with Gasteiger partial charge in [0.05, 0.1) is 0 Å². The van der Waals surface area contributed by atoms with Gasteiger partial charge in [-0.25, -0.2) is 4.79 Å². The first-order valence-corrected chi connectivity index (χ1v) is 17.1. The molecule has 4 atom stereocenters. The van der Waals surface area contributed by atoms with E-state index < -0.39 is 6.04 Å². The van der Waals surface area contributed by atoms with Crippen LogP contribution in [0.3, 0.4) is 0 Å². The van der Waals surface area contributed by atoms with Crippen LogP contribution in [0.15, 0.2) is 36.7 Å². The van der Waals surface area contributed by atoms with Crippen LogP contribution >= 0.6 is 23.2 Å². The van der Waals surface area contributed by atoms with Crippen LogP contribution in [-0.4, -0.2) is 89.6 Å². The molecule has 3 aliphatic heterocycles. The number of urea groups is 1. The number of nitrogens with one attached hydrogen (secondary N) is 1. The summed E-state index contributed by atoms with van der Waals surface area (Å²) in [7, 11) is 0. The number of halogens is 2. The van der Waals surface area contributed by atoms with Crippen molar-refractivity contribution in [2.75, 3.05) is 45.8 Å². The van der Waals surface area contributed by atoms with Gasteiger partial charge in [0.15, 0.2) is 0 Å². The van der Waals surface area contributed by atoms with Gasteiger partial charge in [-0.3, -0.25) is 14.7 Å². The normalized spacial score (nSPS) is 22.7. The summed E-state index contributed by atoms with van der Waals surface area (Å²) in [6.45, 7) is 12.5. The molecule has 3 aliphatic rings. The molecule has 0 radical (unpaired) electrons. The van der Waals surface area contributed by atoms with Crippen LogP contribution in [0, 0.1) is 11.8 Å². The Morgan fingerprint density at radius 1 is 1.00 bits per heavy atom. The van der Waals surface area contributed by atoms with Gasteiger partial charge in [-0.2, -0.15) is 0 Å². The highest BCUT2D eigenvalue weighted by Crippen LogP contribution is 2.35. The molecule has 1 aromatic heterocycles. The molecule has 5 rings (SSSR count). The molecule has 0 unspecified atom stereocenters. The van der Waals surface area contributed by atoms with E-state index in [-0.39, 0.29) is 24.0 Å². The van der Waals surface area contributed by atoms with Crippen molar-refractivity contribution in [1.82, 2.24) is 25.0 Å². The maximum Gasteiger partial charge on any atom is 0.318 e. The van der Waals surface area contributed by atoms with Crippen LogP contribution in [0.1, 0.15) is 69.9 Å². The van der Waals surface area contributed by atoms with E-state index in [1.807, 2.05) is 23.2 Å². The Bertz CT molecular complexity index is 1290. The minimum absolute atomic E-state index is 0.0800. The fourth-order valence-electron chi connectivity index (χ4n) is 6.82. The highest BCUT2D eigenvalue weighted by atomic mass is 35.5. The summed E-state index contributed by atoms with van der Waals surface area (Å²) in [5.74, 6) is 2.28. The van der Waals surface area contributed by atoms with Crippen LogP contribution < -0.4 is 10.1 Å². The predicted octanol–water partition coefficient (Wildman–Crippen LogP) is 6.26. The third kappa shape index (κ3) is 8.38. The second-order valence-corrected chi connectivity index (χ2v) is 13.9. The molecule has 0 aliphatic carbocycles. The van der Waals surface area contributed by atoms with E-state index in [0.717, 1.165) is 68.1 Å². The number of nitrogens with zero attached hydrogens (tertiary/aromatic N) is 4. The van der Waals surface area contributed by atoms with Gasteiger partial charge >= 0.3 is 6.03 Å². The van der Waals surface area contributed by atoms with Gasteiger partial charge in [-0.05, 0) is 80.2 Å². The summed E-state index contributed by atoms with van der Waals surface area (Å²) < 4.78 is 6.61. The lowest BCUT2D eigenvalue weighted by molar-refractivity contribution is -0.134. The number of amides is 3. The predicted molar refractivity (Wildman–Crippen MR) is 176 cm³/mol. The zero-order chi connectivity index (χ0) is 31.2. The number of pyridine rings is 1. The average Bonchev–Trinajstić information content (AvgIpc) is 3.65. The van der Waals surface area contributed by atoms with E-state index in [1.165, 1.54) is 6.42 Å². The topological polar surface area (TPSA) is 78.0 Å². The Morgan fingerprint density at radius 2 is 1.73 bits per heavy atom. The third-order valence-electron chi connectivity index (χ3n) is 9.52. The standard InChI is InChI=1S/C34H47Cl2N5O3/c1-4-28(22-39-13-8-23(2)20-39)44-32-7-12-37-19-29(32)25-10-15-40(16-11-25)33(42)31(17-26-5-6-27(35)18-30(26)36)38-34(43)41-14-9-24(3)21-41/h5-7,12,18-19,23-25,28,31H,4,8-11,13-17,20-22H2,1-3H3,(H,38,43)/t23-,24+,28-,31+/m0/s1. The maximum atomic E-state index is 14.0. The maximum absolute atomic E-state index is 14.0. The first-order chi connectivity index (χ1) is 21.2. The third-order valence-corrected chi connectivity index (χ3v) is 10.1. The number of benzene rings is 1. The Morgan fingerprint density at radius 3 is 2.39 bits per heavy atom. The molecule has 1 aromatic carbocycles. The lowest BCUT2D eigenvalue weighted by Gasteiger charge is -2.35. The summed E-state index contributed by atoms with van der Waals surface area (Å²) in [5, 5.41) is 4.08. The molecule has 3 saturated heterocycles. The quantitative estimate of drug-likeness (QED) is 0.331. The largest absolute Gasteiger partial charge is 0.489 e. The van der Waals surface area contributed by atoms with Gasteiger partial charge in [0.1, 0.15) is 17.9 Å².